The number of rotatable bonds is 5. The second-order valence-corrected chi connectivity index (χ2v) is 8.01. The van der Waals surface area contributed by atoms with Gasteiger partial charge in [-0.2, -0.15) is 13.2 Å². The van der Waals surface area contributed by atoms with Gasteiger partial charge in [0.1, 0.15) is 0 Å². The third-order valence-electron chi connectivity index (χ3n) is 4.52. The lowest BCUT2D eigenvalue weighted by Crippen LogP contribution is -2.38. The molecule has 1 heterocycles. The predicted molar refractivity (Wildman–Crippen MR) is 97.7 cm³/mol. The standard InChI is InChI=1S/C19H23F3N4O2/c1-18(2,3)16(27)23-9-10-25-17(28)26(14-7-8-14)15(24-25)12-5-4-6-13(11-12)19(20,21)22/h4-6,11,14H,7-10H2,1-3H3,(H,23,27). The second-order valence-electron chi connectivity index (χ2n) is 8.01. The number of amides is 1. The van der Waals surface area contributed by atoms with Crippen LogP contribution in [0.15, 0.2) is 29.1 Å². The quantitative estimate of drug-likeness (QED) is 0.844. The summed E-state index contributed by atoms with van der Waals surface area (Å²) in [6, 6.07) is 4.77. The van der Waals surface area contributed by atoms with Gasteiger partial charge < -0.3 is 5.32 Å². The van der Waals surface area contributed by atoms with E-state index in [1.807, 2.05) is 0 Å². The summed E-state index contributed by atoms with van der Waals surface area (Å²) in [5.74, 6) is 0.0704. The van der Waals surface area contributed by atoms with Crippen LogP contribution in [0, 0.1) is 5.41 Å². The predicted octanol–water partition coefficient (Wildman–Crippen LogP) is 3.23. The highest BCUT2D eigenvalue weighted by Gasteiger charge is 2.33. The van der Waals surface area contributed by atoms with E-state index in [1.165, 1.54) is 21.4 Å². The van der Waals surface area contributed by atoms with Crippen molar-refractivity contribution in [1.29, 1.82) is 0 Å². The van der Waals surface area contributed by atoms with Gasteiger partial charge in [0.2, 0.25) is 5.91 Å². The third-order valence-corrected chi connectivity index (χ3v) is 4.52. The molecule has 1 N–H and O–H groups in total. The van der Waals surface area contributed by atoms with Crippen LogP contribution in [-0.2, 0) is 17.5 Å². The zero-order valence-electron chi connectivity index (χ0n) is 16.0. The molecule has 9 heteroatoms. The summed E-state index contributed by atoms with van der Waals surface area (Å²) >= 11 is 0. The molecular formula is C19H23F3N4O2. The van der Waals surface area contributed by atoms with Crippen molar-refractivity contribution in [3.05, 3.63) is 40.3 Å². The van der Waals surface area contributed by atoms with E-state index in [4.69, 9.17) is 0 Å². The van der Waals surface area contributed by atoms with Crippen LogP contribution >= 0.6 is 0 Å². The normalized spacial score (nSPS) is 14.9. The maximum absolute atomic E-state index is 13.0. The number of hydrogen-bond donors (Lipinski definition) is 1. The minimum atomic E-state index is -4.47. The molecule has 1 aliphatic carbocycles. The minimum Gasteiger partial charge on any atom is -0.354 e. The van der Waals surface area contributed by atoms with Gasteiger partial charge in [-0.25, -0.2) is 9.48 Å². The van der Waals surface area contributed by atoms with E-state index in [-0.39, 0.29) is 42.1 Å². The molecule has 2 aromatic rings. The number of aromatic nitrogens is 3. The van der Waals surface area contributed by atoms with Gasteiger partial charge in [-0.1, -0.05) is 32.9 Å². The molecule has 0 radical (unpaired) electrons. The smallest absolute Gasteiger partial charge is 0.354 e. The summed E-state index contributed by atoms with van der Waals surface area (Å²) < 4.78 is 41.8. The Morgan fingerprint density at radius 3 is 2.50 bits per heavy atom. The average molecular weight is 396 g/mol. The summed E-state index contributed by atoms with van der Waals surface area (Å²) in [7, 11) is 0. The highest BCUT2D eigenvalue weighted by atomic mass is 19.4. The van der Waals surface area contributed by atoms with Gasteiger partial charge in [0.05, 0.1) is 12.1 Å². The van der Waals surface area contributed by atoms with E-state index in [0.29, 0.717) is 0 Å². The fourth-order valence-electron chi connectivity index (χ4n) is 2.80. The van der Waals surface area contributed by atoms with E-state index in [0.717, 1.165) is 25.0 Å². The molecule has 0 unspecified atom stereocenters. The molecule has 0 saturated heterocycles. The Balaban J connectivity index is 1.88. The summed E-state index contributed by atoms with van der Waals surface area (Å²) in [5, 5.41) is 7.02. The zero-order chi connectivity index (χ0) is 20.7. The highest BCUT2D eigenvalue weighted by molar-refractivity contribution is 5.81. The SMILES string of the molecule is CC(C)(C)C(=O)NCCn1nc(-c2cccc(C(F)(F)F)c2)n(C2CC2)c1=O. The van der Waals surface area contributed by atoms with Gasteiger partial charge in [-0.3, -0.25) is 9.36 Å². The van der Waals surface area contributed by atoms with Crippen LogP contribution in [0.5, 0.6) is 0 Å². The van der Waals surface area contributed by atoms with Gasteiger partial charge in [-0.15, -0.1) is 5.10 Å². The lowest BCUT2D eigenvalue weighted by molar-refractivity contribution is -0.137. The van der Waals surface area contributed by atoms with Crippen molar-refractivity contribution in [2.45, 2.75) is 52.4 Å². The van der Waals surface area contributed by atoms with Crippen LogP contribution in [0.25, 0.3) is 11.4 Å². The molecule has 0 aliphatic heterocycles. The molecule has 1 aliphatic rings. The Kier molecular flexibility index (Phi) is 5.12. The first-order valence-electron chi connectivity index (χ1n) is 9.14. The van der Waals surface area contributed by atoms with Crippen molar-refractivity contribution in [2.24, 2.45) is 5.41 Å². The molecule has 6 nitrogen and oxygen atoms in total. The number of halogens is 3. The van der Waals surface area contributed by atoms with Crippen LogP contribution in [0.2, 0.25) is 0 Å². The Labute approximate surface area is 160 Å². The van der Waals surface area contributed by atoms with Crippen LogP contribution in [0.3, 0.4) is 0 Å². The molecule has 1 saturated carbocycles. The second kappa shape index (κ2) is 7.10. The number of benzene rings is 1. The number of alkyl halides is 3. The molecule has 0 spiro atoms. The number of nitrogens with one attached hydrogen (secondary N) is 1. The Morgan fingerprint density at radius 2 is 1.93 bits per heavy atom. The maximum atomic E-state index is 13.0. The first kappa shape index (κ1) is 20.2. The van der Waals surface area contributed by atoms with Gasteiger partial charge in [0.25, 0.3) is 0 Å². The molecule has 1 amide bonds. The fraction of sp³-hybridized carbons (Fsp3) is 0.526. The van der Waals surface area contributed by atoms with Crippen molar-refractivity contribution in [2.75, 3.05) is 6.54 Å². The first-order chi connectivity index (χ1) is 13.0. The number of nitrogens with zero attached hydrogens (tertiary/aromatic N) is 3. The summed E-state index contributed by atoms with van der Waals surface area (Å²) in [4.78, 5) is 24.7. The molecule has 0 atom stereocenters. The lowest BCUT2D eigenvalue weighted by atomic mass is 9.96. The molecule has 1 aromatic heterocycles. The largest absolute Gasteiger partial charge is 0.416 e. The van der Waals surface area contributed by atoms with Gasteiger partial charge in [0.15, 0.2) is 5.82 Å². The summed E-state index contributed by atoms with van der Waals surface area (Å²) in [6.07, 6.45) is -2.89. The molecule has 3 rings (SSSR count). The average Bonchev–Trinajstić information content (AvgIpc) is 3.38. The van der Waals surface area contributed by atoms with E-state index < -0.39 is 17.2 Å². The van der Waals surface area contributed by atoms with E-state index >= 15 is 0 Å². The molecule has 1 aromatic carbocycles. The Hall–Kier alpha value is -2.58. The van der Waals surface area contributed by atoms with E-state index in [9.17, 15) is 22.8 Å². The zero-order valence-corrected chi connectivity index (χ0v) is 16.0. The van der Waals surface area contributed by atoms with Gasteiger partial charge >= 0.3 is 11.9 Å². The molecule has 1 fully saturated rings. The van der Waals surface area contributed by atoms with Crippen LogP contribution in [0.4, 0.5) is 13.2 Å². The summed E-state index contributed by atoms with van der Waals surface area (Å²) in [6.45, 7) is 5.69. The van der Waals surface area contributed by atoms with Crippen molar-refractivity contribution in [3.63, 3.8) is 0 Å². The maximum Gasteiger partial charge on any atom is 0.416 e. The van der Waals surface area contributed by atoms with Gasteiger partial charge in [-0.05, 0) is 25.0 Å². The molecule has 152 valence electrons. The van der Waals surface area contributed by atoms with Crippen LogP contribution < -0.4 is 11.0 Å². The first-order valence-corrected chi connectivity index (χ1v) is 9.14. The molecular weight excluding hydrogens is 373 g/mol. The van der Waals surface area contributed by atoms with Crippen molar-refractivity contribution in [1.82, 2.24) is 19.7 Å². The monoisotopic (exact) mass is 396 g/mol. The fourth-order valence-corrected chi connectivity index (χ4v) is 2.80. The Bertz CT molecular complexity index is 934. The van der Waals surface area contributed by atoms with Crippen molar-refractivity contribution >= 4 is 5.91 Å². The van der Waals surface area contributed by atoms with Crippen LogP contribution in [0.1, 0.15) is 45.2 Å². The van der Waals surface area contributed by atoms with Crippen molar-refractivity contribution in [3.8, 4) is 11.4 Å². The number of hydrogen-bond acceptors (Lipinski definition) is 3. The van der Waals surface area contributed by atoms with E-state index in [1.54, 1.807) is 20.8 Å². The van der Waals surface area contributed by atoms with Crippen molar-refractivity contribution < 1.29 is 18.0 Å². The lowest BCUT2D eigenvalue weighted by Gasteiger charge is -2.17. The molecule has 28 heavy (non-hydrogen) atoms. The van der Waals surface area contributed by atoms with E-state index in [2.05, 4.69) is 10.4 Å². The highest BCUT2D eigenvalue weighted by Crippen LogP contribution is 2.37. The van der Waals surface area contributed by atoms with Crippen LogP contribution in [-0.4, -0.2) is 26.8 Å². The topological polar surface area (TPSA) is 68.9 Å². The minimum absolute atomic E-state index is 0.0463. The van der Waals surface area contributed by atoms with Gasteiger partial charge in [0, 0.05) is 23.6 Å². The summed E-state index contributed by atoms with van der Waals surface area (Å²) in [5.41, 5.74) is -1.47. The molecule has 0 bridgehead atoms. The number of carbonyl (C=O) groups excluding carboxylic acids is 1. The Morgan fingerprint density at radius 1 is 1.25 bits per heavy atom. The number of carbonyl (C=O) groups is 1. The third kappa shape index (κ3) is 4.28.